The molecule has 2 saturated carbocycles. The molecule has 0 bridgehead atoms. The van der Waals surface area contributed by atoms with E-state index >= 15 is 0 Å². The minimum atomic E-state index is -0.355. The zero-order valence-corrected chi connectivity index (χ0v) is 12.6. The van der Waals surface area contributed by atoms with Crippen LogP contribution >= 0.6 is 0 Å². The Morgan fingerprint density at radius 2 is 1.55 bits per heavy atom. The van der Waals surface area contributed by atoms with Gasteiger partial charge in [-0.15, -0.1) is 0 Å². The van der Waals surface area contributed by atoms with Crippen LogP contribution in [0.15, 0.2) is 0 Å². The van der Waals surface area contributed by atoms with E-state index in [9.17, 15) is 9.90 Å². The van der Waals surface area contributed by atoms with E-state index in [1.165, 1.54) is 25.7 Å². The van der Waals surface area contributed by atoms with Gasteiger partial charge in [-0.25, -0.2) is 0 Å². The molecule has 0 aromatic rings. The summed E-state index contributed by atoms with van der Waals surface area (Å²) in [5.74, 6) is 0.127. The lowest BCUT2D eigenvalue weighted by Gasteiger charge is -2.33. The standard InChI is InChI=1S/C16H30N2O2/c17-11-16(9-3-1-2-4-10-16)14(20)18-12-15(13-19)7-5-6-8-15/h19H,1-13,17H2,(H,18,20). The van der Waals surface area contributed by atoms with Crippen molar-refractivity contribution in [3.63, 3.8) is 0 Å². The maximum Gasteiger partial charge on any atom is 0.227 e. The number of hydrogen-bond donors (Lipinski definition) is 3. The van der Waals surface area contributed by atoms with Crippen molar-refractivity contribution < 1.29 is 9.90 Å². The smallest absolute Gasteiger partial charge is 0.227 e. The summed E-state index contributed by atoms with van der Waals surface area (Å²) in [6.07, 6.45) is 10.9. The summed E-state index contributed by atoms with van der Waals surface area (Å²) in [5.41, 5.74) is 5.52. The Balaban J connectivity index is 1.95. The van der Waals surface area contributed by atoms with E-state index in [0.717, 1.165) is 38.5 Å². The van der Waals surface area contributed by atoms with Gasteiger partial charge in [-0.05, 0) is 25.7 Å². The lowest BCUT2D eigenvalue weighted by atomic mass is 9.79. The number of aliphatic hydroxyl groups is 1. The van der Waals surface area contributed by atoms with Crippen LogP contribution in [0.25, 0.3) is 0 Å². The second-order valence-corrected chi connectivity index (χ2v) is 6.95. The first-order chi connectivity index (χ1) is 9.66. The van der Waals surface area contributed by atoms with Gasteiger partial charge in [0.2, 0.25) is 5.91 Å². The van der Waals surface area contributed by atoms with Gasteiger partial charge < -0.3 is 16.2 Å². The van der Waals surface area contributed by atoms with Gasteiger partial charge in [0, 0.05) is 18.5 Å². The third-order valence-electron chi connectivity index (χ3n) is 5.56. The summed E-state index contributed by atoms with van der Waals surface area (Å²) < 4.78 is 0. The Hall–Kier alpha value is -0.610. The molecule has 4 heteroatoms. The largest absolute Gasteiger partial charge is 0.396 e. The second kappa shape index (κ2) is 6.90. The third kappa shape index (κ3) is 3.34. The molecule has 20 heavy (non-hydrogen) atoms. The highest BCUT2D eigenvalue weighted by Gasteiger charge is 2.39. The molecule has 0 heterocycles. The summed E-state index contributed by atoms with van der Waals surface area (Å²) in [6.45, 7) is 1.25. The minimum Gasteiger partial charge on any atom is -0.396 e. The lowest BCUT2D eigenvalue weighted by Crippen LogP contribution is -2.49. The molecule has 0 unspecified atom stereocenters. The number of amides is 1. The van der Waals surface area contributed by atoms with Crippen molar-refractivity contribution in [2.45, 2.75) is 64.2 Å². The third-order valence-corrected chi connectivity index (χ3v) is 5.56. The van der Waals surface area contributed by atoms with Crippen LogP contribution in [-0.4, -0.2) is 30.7 Å². The number of carbonyl (C=O) groups excluding carboxylic acids is 1. The fourth-order valence-electron chi connectivity index (χ4n) is 3.90. The van der Waals surface area contributed by atoms with Crippen molar-refractivity contribution in [2.24, 2.45) is 16.6 Å². The summed E-state index contributed by atoms with van der Waals surface area (Å²) in [5, 5.41) is 12.8. The van der Waals surface area contributed by atoms with Crippen molar-refractivity contribution in [3.05, 3.63) is 0 Å². The molecule has 0 saturated heterocycles. The zero-order valence-electron chi connectivity index (χ0n) is 12.6. The highest BCUT2D eigenvalue weighted by molar-refractivity contribution is 5.83. The van der Waals surface area contributed by atoms with Crippen LogP contribution in [-0.2, 0) is 4.79 Å². The van der Waals surface area contributed by atoms with Crippen molar-refractivity contribution in [1.82, 2.24) is 5.32 Å². The highest BCUT2D eigenvalue weighted by atomic mass is 16.3. The number of carbonyl (C=O) groups is 1. The van der Waals surface area contributed by atoms with Crippen LogP contribution < -0.4 is 11.1 Å². The second-order valence-electron chi connectivity index (χ2n) is 6.95. The quantitative estimate of drug-likeness (QED) is 0.675. The van der Waals surface area contributed by atoms with Crippen LogP contribution in [0.5, 0.6) is 0 Å². The van der Waals surface area contributed by atoms with E-state index < -0.39 is 0 Å². The zero-order chi connectivity index (χ0) is 14.5. The molecule has 1 amide bonds. The monoisotopic (exact) mass is 282 g/mol. The van der Waals surface area contributed by atoms with Gasteiger partial charge in [-0.3, -0.25) is 4.79 Å². The van der Waals surface area contributed by atoms with Gasteiger partial charge in [-0.2, -0.15) is 0 Å². The summed E-state index contributed by atoms with van der Waals surface area (Å²) >= 11 is 0. The molecular weight excluding hydrogens is 252 g/mol. The lowest BCUT2D eigenvalue weighted by molar-refractivity contribution is -0.132. The van der Waals surface area contributed by atoms with Crippen molar-refractivity contribution >= 4 is 5.91 Å². The maximum atomic E-state index is 12.6. The Kier molecular flexibility index (Phi) is 5.44. The first-order valence-corrected chi connectivity index (χ1v) is 8.26. The van der Waals surface area contributed by atoms with Crippen molar-refractivity contribution in [1.29, 1.82) is 0 Å². The number of aliphatic hydroxyl groups excluding tert-OH is 1. The topological polar surface area (TPSA) is 75.4 Å². The number of hydrogen-bond acceptors (Lipinski definition) is 3. The summed E-state index contributed by atoms with van der Waals surface area (Å²) in [4.78, 5) is 12.6. The van der Waals surface area contributed by atoms with Crippen LogP contribution in [0.2, 0.25) is 0 Å². The van der Waals surface area contributed by atoms with Gasteiger partial charge in [0.1, 0.15) is 0 Å². The van der Waals surface area contributed by atoms with E-state index in [1.54, 1.807) is 0 Å². The van der Waals surface area contributed by atoms with Gasteiger partial charge in [0.15, 0.2) is 0 Å². The summed E-state index contributed by atoms with van der Waals surface area (Å²) in [7, 11) is 0. The van der Waals surface area contributed by atoms with Crippen molar-refractivity contribution in [2.75, 3.05) is 19.7 Å². The summed E-state index contributed by atoms with van der Waals surface area (Å²) in [6, 6.07) is 0. The van der Waals surface area contributed by atoms with Gasteiger partial charge in [0.25, 0.3) is 0 Å². The molecule has 4 N–H and O–H groups in total. The van der Waals surface area contributed by atoms with E-state index in [-0.39, 0.29) is 23.3 Å². The molecule has 4 nitrogen and oxygen atoms in total. The van der Waals surface area contributed by atoms with Gasteiger partial charge in [-0.1, -0.05) is 38.5 Å². The number of nitrogens with two attached hydrogens (primary N) is 1. The fourth-order valence-corrected chi connectivity index (χ4v) is 3.90. The SMILES string of the molecule is NCC1(C(=O)NCC2(CO)CCCC2)CCCCCC1. The fraction of sp³-hybridized carbons (Fsp3) is 0.938. The van der Waals surface area contributed by atoms with Crippen LogP contribution in [0.1, 0.15) is 64.2 Å². The Bertz CT molecular complexity index is 316. The van der Waals surface area contributed by atoms with Crippen LogP contribution in [0.4, 0.5) is 0 Å². The van der Waals surface area contributed by atoms with Crippen molar-refractivity contribution in [3.8, 4) is 0 Å². The van der Waals surface area contributed by atoms with Crippen LogP contribution in [0.3, 0.4) is 0 Å². The maximum absolute atomic E-state index is 12.6. The average molecular weight is 282 g/mol. The predicted octanol–water partition coefficient (Wildman–Crippen LogP) is 1.95. The molecule has 0 aromatic carbocycles. The Labute approximate surface area is 122 Å². The predicted molar refractivity (Wildman–Crippen MR) is 80.2 cm³/mol. The molecule has 2 fully saturated rings. The molecule has 0 aromatic heterocycles. The van der Waals surface area contributed by atoms with Gasteiger partial charge in [0.05, 0.1) is 12.0 Å². The minimum absolute atomic E-state index is 0.0732. The molecule has 2 rings (SSSR count). The molecule has 2 aliphatic rings. The Morgan fingerprint density at radius 1 is 1.00 bits per heavy atom. The van der Waals surface area contributed by atoms with Crippen LogP contribution in [0, 0.1) is 10.8 Å². The van der Waals surface area contributed by atoms with E-state index in [2.05, 4.69) is 5.32 Å². The number of rotatable bonds is 5. The number of nitrogens with one attached hydrogen (secondary N) is 1. The molecule has 0 aliphatic heterocycles. The normalized spacial score (nSPS) is 25.1. The van der Waals surface area contributed by atoms with E-state index in [0.29, 0.717) is 13.1 Å². The molecule has 0 atom stereocenters. The average Bonchev–Trinajstić information content (AvgIpc) is 2.82. The van der Waals surface area contributed by atoms with E-state index in [4.69, 9.17) is 5.73 Å². The molecule has 2 aliphatic carbocycles. The van der Waals surface area contributed by atoms with Gasteiger partial charge >= 0.3 is 0 Å². The first kappa shape index (κ1) is 15.8. The molecular formula is C16H30N2O2. The molecule has 116 valence electrons. The molecule has 0 radical (unpaired) electrons. The Morgan fingerprint density at radius 3 is 2.05 bits per heavy atom. The molecule has 0 spiro atoms. The van der Waals surface area contributed by atoms with E-state index in [1.807, 2.05) is 0 Å². The highest BCUT2D eigenvalue weighted by Crippen LogP contribution is 2.38. The first-order valence-electron chi connectivity index (χ1n) is 8.26.